The number of rotatable bonds is 2. The fourth-order valence-electron chi connectivity index (χ4n) is 1.55. The number of para-hydroxylation sites is 1. The Morgan fingerprint density at radius 3 is 2.53 bits per heavy atom. The molecule has 0 N–H and O–H groups in total. The van der Waals surface area contributed by atoms with E-state index in [-0.39, 0.29) is 5.97 Å². The molecule has 0 atom stereocenters. The Balaban J connectivity index is 2.54. The molecule has 0 amide bonds. The van der Waals surface area contributed by atoms with Crippen LogP contribution in [0.5, 0.6) is 5.75 Å². The third-order valence-corrected chi connectivity index (χ3v) is 2.26. The van der Waals surface area contributed by atoms with Crippen LogP contribution in [0.25, 0.3) is 11.4 Å². The highest BCUT2D eigenvalue weighted by Gasteiger charge is 2.12. The summed E-state index contributed by atoms with van der Waals surface area (Å²) in [7, 11) is 0. The van der Waals surface area contributed by atoms with Crippen LogP contribution in [0, 0.1) is 6.92 Å². The number of aryl methyl sites for hydroxylation is 1. The van der Waals surface area contributed by atoms with Crippen molar-refractivity contribution >= 4 is 5.97 Å². The van der Waals surface area contributed by atoms with Crippen LogP contribution in [0.4, 0.5) is 0 Å². The summed E-state index contributed by atoms with van der Waals surface area (Å²) in [6, 6.07) is 7.34. The smallest absolute Gasteiger partial charge is 0.308 e. The number of benzene rings is 1. The van der Waals surface area contributed by atoms with Crippen molar-refractivity contribution in [2.75, 3.05) is 0 Å². The highest BCUT2D eigenvalue weighted by atomic mass is 16.5. The van der Waals surface area contributed by atoms with Crippen LogP contribution < -0.4 is 4.74 Å². The first kappa shape index (κ1) is 11.3. The molecule has 0 saturated carbocycles. The van der Waals surface area contributed by atoms with Crippen LogP contribution in [-0.4, -0.2) is 15.9 Å². The minimum atomic E-state index is -0.350. The van der Waals surface area contributed by atoms with E-state index in [0.717, 1.165) is 11.1 Å². The Kier molecular flexibility index (Phi) is 3.14. The number of esters is 1. The van der Waals surface area contributed by atoms with Gasteiger partial charge in [-0.2, -0.15) is 0 Å². The van der Waals surface area contributed by atoms with Crippen molar-refractivity contribution in [1.82, 2.24) is 9.97 Å². The zero-order valence-corrected chi connectivity index (χ0v) is 9.68. The average Bonchev–Trinajstić information content (AvgIpc) is 2.32. The number of aromatic nitrogens is 2. The van der Waals surface area contributed by atoms with Crippen molar-refractivity contribution in [3.63, 3.8) is 0 Å². The van der Waals surface area contributed by atoms with E-state index < -0.39 is 0 Å². The fraction of sp³-hybridized carbons (Fsp3) is 0.154. The maximum atomic E-state index is 11.1. The van der Waals surface area contributed by atoms with Gasteiger partial charge in [-0.1, -0.05) is 12.1 Å². The van der Waals surface area contributed by atoms with Crippen LogP contribution in [0.1, 0.15) is 12.5 Å². The van der Waals surface area contributed by atoms with Gasteiger partial charge >= 0.3 is 5.97 Å². The summed E-state index contributed by atoms with van der Waals surface area (Å²) in [5.41, 5.74) is 1.60. The van der Waals surface area contributed by atoms with Crippen molar-refractivity contribution in [3.05, 3.63) is 42.2 Å². The Bertz CT molecular complexity index is 538. The zero-order valence-electron chi connectivity index (χ0n) is 9.68. The lowest BCUT2D eigenvalue weighted by Gasteiger charge is -2.10. The molecule has 1 heterocycles. The minimum absolute atomic E-state index is 0.350. The summed E-state index contributed by atoms with van der Waals surface area (Å²) in [6.45, 7) is 3.26. The van der Waals surface area contributed by atoms with E-state index in [9.17, 15) is 4.79 Å². The number of hydrogen-bond acceptors (Lipinski definition) is 4. The summed E-state index contributed by atoms with van der Waals surface area (Å²) in [6.07, 6.45) is 3.31. The van der Waals surface area contributed by atoms with E-state index in [1.54, 1.807) is 18.5 Å². The van der Waals surface area contributed by atoms with E-state index in [2.05, 4.69) is 9.97 Å². The van der Waals surface area contributed by atoms with E-state index in [1.165, 1.54) is 6.92 Å². The molecule has 17 heavy (non-hydrogen) atoms. The number of nitrogens with zero attached hydrogens (tertiary/aromatic N) is 2. The lowest BCUT2D eigenvalue weighted by Crippen LogP contribution is -2.05. The van der Waals surface area contributed by atoms with Crippen LogP contribution >= 0.6 is 0 Å². The monoisotopic (exact) mass is 228 g/mol. The molecule has 0 aliphatic rings. The maximum absolute atomic E-state index is 11.1. The third-order valence-electron chi connectivity index (χ3n) is 2.26. The van der Waals surface area contributed by atoms with Crippen molar-refractivity contribution in [2.24, 2.45) is 0 Å². The van der Waals surface area contributed by atoms with Gasteiger partial charge in [0, 0.05) is 19.3 Å². The summed E-state index contributed by atoms with van der Waals surface area (Å²) < 4.78 is 5.21. The van der Waals surface area contributed by atoms with Gasteiger partial charge in [0.1, 0.15) is 5.75 Å². The van der Waals surface area contributed by atoms with Crippen molar-refractivity contribution < 1.29 is 9.53 Å². The Morgan fingerprint density at radius 2 is 1.88 bits per heavy atom. The molecule has 0 aliphatic carbocycles. The average molecular weight is 228 g/mol. The Morgan fingerprint density at radius 1 is 1.18 bits per heavy atom. The zero-order chi connectivity index (χ0) is 12.3. The van der Waals surface area contributed by atoms with Crippen LogP contribution in [0.2, 0.25) is 0 Å². The lowest BCUT2D eigenvalue weighted by molar-refractivity contribution is -0.131. The quantitative estimate of drug-likeness (QED) is 0.585. The van der Waals surface area contributed by atoms with Crippen LogP contribution in [0.3, 0.4) is 0 Å². The van der Waals surface area contributed by atoms with E-state index >= 15 is 0 Å². The normalized spacial score (nSPS) is 10.0. The summed E-state index contributed by atoms with van der Waals surface area (Å²) >= 11 is 0. The first-order valence-electron chi connectivity index (χ1n) is 5.24. The second-order valence-electron chi connectivity index (χ2n) is 3.62. The second-order valence-corrected chi connectivity index (χ2v) is 3.62. The van der Waals surface area contributed by atoms with Gasteiger partial charge in [-0.15, -0.1) is 0 Å². The minimum Gasteiger partial charge on any atom is -0.426 e. The largest absolute Gasteiger partial charge is 0.426 e. The molecule has 4 nitrogen and oxygen atoms in total. The highest BCUT2D eigenvalue weighted by molar-refractivity contribution is 5.75. The molecule has 0 unspecified atom stereocenters. The topological polar surface area (TPSA) is 52.1 Å². The molecule has 2 aromatic rings. The lowest BCUT2D eigenvalue weighted by atomic mass is 10.1. The SMILES string of the molecule is CC(=O)Oc1c(C)cccc1-c1ncccn1. The second kappa shape index (κ2) is 4.74. The van der Waals surface area contributed by atoms with E-state index in [4.69, 9.17) is 4.74 Å². The van der Waals surface area contributed by atoms with Gasteiger partial charge < -0.3 is 4.74 Å². The summed E-state index contributed by atoms with van der Waals surface area (Å²) in [4.78, 5) is 19.4. The molecule has 4 heteroatoms. The summed E-state index contributed by atoms with van der Waals surface area (Å²) in [5, 5.41) is 0. The molecule has 1 aromatic heterocycles. The number of hydrogen-bond donors (Lipinski definition) is 0. The van der Waals surface area contributed by atoms with Crippen molar-refractivity contribution in [1.29, 1.82) is 0 Å². The Hall–Kier alpha value is -2.23. The van der Waals surface area contributed by atoms with Gasteiger partial charge in [0.25, 0.3) is 0 Å². The molecule has 0 radical (unpaired) electrons. The molecule has 1 aromatic carbocycles. The first-order valence-corrected chi connectivity index (χ1v) is 5.24. The highest BCUT2D eigenvalue weighted by Crippen LogP contribution is 2.30. The van der Waals surface area contributed by atoms with Crippen molar-refractivity contribution in [3.8, 4) is 17.1 Å². The van der Waals surface area contributed by atoms with E-state index in [0.29, 0.717) is 11.6 Å². The van der Waals surface area contributed by atoms with Gasteiger partial charge in [0.2, 0.25) is 0 Å². The molecular formula is C13H12N2O2. The standard InChI is InChI=1S/C13H12N2O2/c1-9-5-3-6-11(12(9)17-10(2)16)13-14-7-4-8-15-13/h3-8H,1-2H3. The van der Waals surface area contributed by atoms with Gasteiger partial charge in [-0.25, -0.2) is 9.97 Å². The predicted molar refractivity (Wildman–Crippen MR) is 63.5 cm³/mol. The number of carbonyl (C=O) groups is 1. The molecule has 0 spiro atoms. The molecule has 2 rings (SSSR count). The van der Waals surface area contributed by atoms with E-state index in [1.807, 2.05) is 25.1 Å². The van der Waals surface area contributed by atoms with Gasteiger partial charge in [0.05, 0.1) is 5.56 Å². The van der Waals surface area contributed by atoms with Gasteiger partial charge in [-0.3, -0.25) is 4.79 Å². The molecule has 86 valence electrons. The van der Waals surface area contributed by atoms with Crippen molar-refractivity contribution in [2.45, 2.75) is 13.8 Å². The number of carbonyl (C=O) groups excluding carboxylic acids is 1. The van der Waals surface area contributed by atoms with Crippen LogP contribution in [0.15, 0.2) is 36.7 Å². The summed E-state index contributed by atoms with van der Waals surface area (Å²) in [5.74, 6) is 0.718. The van der Waals surface area contributed by atoms with Crippen LogP contribution in [-0.2, 0) is 4.79 Å². The Labute approximate surface area is 99.3 Å². The fourth-order valence-corrected chi connectivity index (χ4v) is 1.55. The van der Waals surface area contributed by atoms with Gasteiger partial charge in [0.15, 0.2) is 5.82 Å². The predicted octanol–water partition coefficient (Wildman–Crippen LogP) is 2.38. The maximum Gasteiger partial charge on any atom is 0.308 e. The molecule has 0 aliphatic heterocycles. The molecule has 0 fully saturated rings. The molecule has 0 bridgehead atoms. The molecule has 0 saturated heterocycles. The molecular weight excluding hydrogens is 216 g/mol. The first-order chi connectivity index (χ1) is 8.18. The third kappa shape index (κ3) is 2.47. The number of ether oxygens (including phenoxy) is 1. The van der Waals surface area contributed by atoms with Gasteiger partial charge in [-0.05, 0) is 24.6 Å².